The average Bonchev–Trinajstić information content (AvgIpc) is 2.76. The number of aliphatic imine (C=N–C) groups is 1. The summed E-state index contributed by atoms with van der Waals surface area (Å²) in [5, 5.41) is 3.49. The number of hydrogen-bond donors (Lipinski definition) is 1. The van der Waals surface area contributed by atoms with E-state index in [9.17, 15) is 0 Å². The van der Waals surface area contributed by atoms with E-state index in [1.54, 1.807) is 0 Å². The number of halogens is 1. The number of hydrogen-bond acceptors (Lipinski definition) is 2. The maximum atomic E-state index is 5.85. The number of amidine groups is 1. The highest BCUT2D eigenvalue weighted by molar-refractivity contribution is 6.65. The minimum atomic E-state index is 0.496. The molecule has 1 aliphatic carbocycles. The lowest BCUT2D eigenvalue weighted by Crippen LogP contribution is -2.14. The van der Waals surface area contributed by atoms with Gasteiger partial charge in [0.05, 0.1) is 0 Å². The topological polar surface area (TPSA) is 24.4 Å². The monoisotopic (exact) mass is 182 g/mol. The normalized spacial score (nSPS) is 22.5. The lowest BCUT2D eigenvalue weighted by atomic mass is 10.2. The molecule has 0 aromatic heterocycles. The van der Waals surface area contributed by atoms with E-state index in [1.807, 2.05) is 6.92 Å². The molecule has 0 aromatic carbocycles. The summed E-state index contributed by atoms with van der Waals surface area (Å²) >= 11 is 5.85. The maximum absolute atomic E-state index is 5.85. The van der Waals surface area contributed by atoms with Crippen LogP contribution in [0.25, 0.3) is 0 Å². The largest absolute Gasteiger partial charge is 0.335 e. The van der Waals surface area contributed by atoms with Gasteiger partial charge in [0.1, 0.15) is 0 Å². The Kier molecular flexibility index (Phi) is 1.93. The third-order valence-corrected chi connectivity index (χ3v) is 2.22. The highest BCUT2D eigenvalue weighted by atomic mass is 35.5. The van der Waals surface area contributed by atoms with Crippen LogP contribution in [-0.2, 0) is 0 Å². The zero-order valence-corrected chi connectivity index (χ0v) is 7.78. The molecule has 2 aliphatic rings. The van der Waals surface area contributed by atoms with E-state index in [2.05, 4.69) is 16.4 Å². The van der Waals surface area contributed by atoms with Crippen LogP contribution >= 0.6 is 11.6 Å². The quantitative estimate of drug-likeness (QED) is 0.572. The van der Waals surface area contributed by atoms with Crippen molar-refractivity contribution in [1.82, 2.24) is 5.32 Å². The van der Waals surface area contributed by atoms with Gasteiger partial charge in [0, 0.05) is 17.8 Å². The van der Waals surface area contributed by atoms with E-state index >= 15 is 0 Å². The summed E-state index contributed by atoms with van der Waals surface area (Å²) in [6.45, 7) is 2.00. The van der Waals surface area contributed by atoms with Crippen LogP contribution in [0.2, 0.25) is 0 Å². The predicted molar refractivity (Wildman–Crippen MR) is 51.1 cm³/mol. The molecule has 12 heavy (non-hydrogen) atoms. The molecule has 2 rings (SSSR count). The molecule has 1 heterocycles. The van der Waals surface area contributed by atoms with Gasteiger partial charge in [-0.15, -0.1) is 0 Å². The Balaban J connectivity index is 2.28. The second-order valence-electron chi connectivity index (χ2n) is 3.17. The molecule has 2 nitrogen and oxygen atoms in total. The van der Waals surface area contributed by atoms with Crippen molar-refractivity contribution in [1.29, 1.82) is 0 Å². The van der Waals surface area contributed by atoms with Gasteiger partial charge in [-0.2, -0.15) is 0 Å². The smallest absolute Gasteiger partial charge is 0.200 e. The Morgan fingerprint density at radius 2 is 2.25 bits per heavy atom. The van der Waals surface area contributed by atoms with Crippen LogP contribution in [0, 0.1) is 0 Å². The Morgan fingerprint density at radius 1 is 1.50 bits per heavy atom. The Bertz CT molecular complexity index is 294. The van der Waals surface area contributed by atoms with Crippen molar-refractivity contribution in [3.8, 4) is 0 Å². The number of nitrogens with one attached hydrogen (secondary N) is 1. The van der Waals surface area contributed by atoms with Gasteiger partial charge >= 0.3 is 0 Å². The molecule has 3 heteroatoms. The fraction of sp³-hybridized carbons (Fsp3) is 0.444. The SMILES string of the molecule is CC1=CCC(=C2CC2)N=C(Cl)N1. The highest BCUT2D eigenvalue weighted by Crippen LogP contribution is 2.34. The van der Waals surface area contributed by atoms with Crippen LogP contribution in [0.4, 0.5) is 0 Å². The lowest BCUT2D eigenvalue weighted by molar-refractivity contribution is 1.12. The first kappa shape index (κ1) is 7.87. The molecular formula is C9H11ClN2. The first-order valence-corrected chi connectivity index (χ1v) is 4.52. The first-order valence-electron chi connectivity index (χ1n) is 4.14. The molecule has 0 spiro atoms. The minimum Gasteiger partial charge on any atom is -0.335 e. The fourth-order valence-electron chi connectivity index (χ4n) is 1.23. The van der Waals surface area contributed by atoms with Crippen molar-refractivity contribution < 1.29 is 0 Å². The number of allylic oxidation sites excluding steroid dienone is 3. The summed E-state index contributed by atoms with van der Waals surface area (Å²) < 4.78 is 0. The van der Waals surface area contributed by atoms with E-state index in [0.29, 0.717) is 5.29 Å². The minimum absolute atomic E-state index is 0.496. The van der Waals surface area contributed by atoms with Gasteiger partial charge in [-0.05, 0) is 36.9 Å². The molecule has 64 valence electrons. The van der Waals surface area contributed by atoms with E-state index in [0.717, 1.165) is 17.8 Å². The van der Waals surface area contributed by atoms with Crippen molar-refractivity contribution in [2.45, 2.75) is 26.2 Å². The molecule has 0 amide bonds. The van der Waals surface area contributed by atoms with Crippen molar-refractivity contribution in [3.63, 3.8) is 0 Å². The Labute approximate surface area is 77.0 Å². The van der Waals surface area contributed by atoms with Gasteiger partial charge < -0.3 is 5.32 Å². The summed E-state index contributed by atoms with van der Waals surface area (Å²) in [6, 6.07) is 0. The van der Waals surface area contributed by atoms with E-state index in [4.69, 9.17) is 11.6 Å². The van der Waals surface area contributed by atoms with Crippen LogP contribution in [-0.4, -0.2) is 5.29 Å². The van der Waals surface area contributed by atoms with E-state index in [1.165, 1.54) is 18.4 Å². The molecule has 1 aliphatic heterocycles. The van der Waals surface area contributed by atoms with Gasteiger partial charge in [0.2, 0.25) is 0 Å². The van der Waals surface area contributed by atoms with E-state index in [-0.39, 0.29) is 0 Å². The zero-order chi connectivity index (χ0) is 8.55. The molecule has 1 fully saturated rings. The van der Waals surface area contributed by atoms with Crippen molar-refractivity contribution in [2.24, 2.45) is 4.99 Å². The summed E-state index contributed by atoms with van der Waals surface area (Å²) in [5.41, 5.74) is 3.70. The van der Waals surface area contributed by atoms with Gasteiger partial charge in [0.15, 0.2) is 5.29 Å². The molecule has 1 N–H and O–H groups in total. The van der Waals surface area contributed by atoms with Gasteiger partial charge in [-0.1, -0.05) is 6.08 Å². The summed E-state index contributed by atoms with van der Waals surface area (Å²) in [6.07, 6.45) is 5.45. The van der Waals surface area contributed by atoms with Crippen LogP contribution < -0.4 is 5.32 Å². The second-order valence-corrected chi connectivity index (χ2v) is 3.53. The van der Waals surface area contributed by atoms with Crippen LogP contribution in [0.15, 0.2) is 28.0 Å². The average molecular weight is 183 g/mol. The molecule has 0 bridgehead atoms. The van der Waals surface area contributed by atoms with Crippen molar-refractivity contribution in [2.75, 3.05) is 0 Å². The highest BCUT2D eigenvalue weighted by Gasteiger charge is 2.18. The molecule has 0 unspecified atom stereocenters. The van der Waals surface area contributed by atoms with Gasteiger partial charge in [0.25, 0.3) is 0 Å². The predicted octanol–water partition coefficient (Wildman–Crippen LogP) is 2.53. The van der Waals surface area contributed by atoms with Crippen molar-refractivity contribution in [3.05, 3.63) is 23.0 Å². The summed E-state index contributed by atoms with van der Waals surface area (Å²) in [7, 11) is 0. The molecule has 0 aromatic rings. The number of nitrogens with zero attached hydrogens (tertiary/aromatic N) is 1. The van der Waals surface area contributed by atoms with Crippen LogP contribution in [0.5, 0.6) is 0 Å². The second kappa shape index (κ2) is 2.94. The first-order chi connectivity index (χ1) is 5.75. The van der Waals surface area contributed by atoms with Gasteiger partial charge in [-0.25, -0.2) is 4.99 Å². The molecular weight excluding hydrogens is 172 g/mol. The molecule has 0 atom stereocenters. The zero-order valence-electron chi connectivity index (χ0n) is 7.02. The number of rotatable bonds is 0. The Hall–Kier alpha value is -0.760. The lowest BCUT2D eigenvalue weighted by Gasteiger charge is -1.98. The fourth-order valence-corrected chi connectivity index (χ4v) is 1.48. The van der Waals surface area contributed by atoms with E-state index < -0.39 is 0 Å². The molecule has 1 saturated carbocycles. The summed E-state index contributed by atoms with van der Waals surface area (Å²) in [4.78, 5) is 4.29. The van der Waals surface area contributed by atoms with Crippen LogP contribution in [0.1, 0.15) is 26.2 Å². The third-order valence-electron chi connectivity index (χ3n) is 2.04. The maximum Gasteiger partial charge on any atom is 0.200 e. The third kappa shape index (κ3) is 1.69. The Morgan fingerprint density at radius 3 is 2.92 bits per heavy atom. The standard InChI is InChI=1S/C9H11ClN2/c1-6-2-5-8(7-3-4-7)12-9(10)11-6/h2H,3-5H2,1H3,(H,11,12). The molecule has 0 radical (unpaired) electrons. The van der Waals surface area contributed by atoms with Gasteiger partial charge in [-0.3, -0.25) is 0 Å². The summed E-state index contributed by atoms with van der Waals surface area (Å²) in [5.74, 6) is 0. The van der Waals surface area contributed by atoms with Crippen LogP contribution in [0.3, 0.4) is 0 Å². The van der Waals surface area contributed by atoms with Crippen molar-refractivity contribution >= 4 is 16.9 Å². The molecule has 0 saturated heterocycles.